The van der Waals surface area contributed by atoms with Gasteiger partial charge in [-0.25, -0.2) is 18.0 Å². The SMILES string of the molecule is CCNC(=O)NC(=O)COC(=O)c1ccccc1S[C@H]1CCS(=O)(=O)C1. The highest BCUT2D eigenvalue weighted by molar-refractivity contribution is 8.02. The van der Waals surface area contributed by atoms with Crippen molar-refractivity contribution in [3.63, 3.8) is 0 Å². The Labute approximate surface area is 156 Å². The Morgan fingerprint density at radius 2 is 2.00 bits per heavy atom. The lowest BCUT2D eigenvalue weighted by molar-refractivity contribution is -0.123. The number of urea groups is 1. The predicted molar refractivity (Wildman–Crippen MR) is 96.9 cm³/mol. The van der Waals surface area contributed by atoms with Crippen LogP contribution in [0.15, 0.2) is 29.2 Å². The van der Waals surface area contributed by atoms with Crippen LogP contribution in [0.3, 0.4) is 0 Å². The number of hydrogen-bond acceptors (Lipinski definition) is 7. The van der Waals surface area contributed by atoms with Crippen LogP contribution >= 0.6 is 11.8 Å². The van der Waals surface area contributed by atoms with Gasteiger partial charge in [-0.15, -0.1) is 11.8 Å². The van der Waals surface area contributed by atoms with Crippen molar-refractivity contribution in [1.82, 2.24) is 10.6 Å². The Bertz CT molecular complexity index is 794. The van der Waals surface area contributed by atoms with Gasteiger partial charge < -0.3 is 10.1 Å². The topological polar surface area (TPSA) is 119 Å². The minimum absolute atomic E-state index is 0.0794. The van der Waals surface area contributed by atoms with Crippen molar-refractivity contribution < 1.29 is 27.5 Å². The largest absolute Gasteiger partial charge is 0.452 e. The summed E-state index contributed by atoms with van der Waals surface area (Å²) in [6.07, 6.45) is 0.533. The molecule has 1 saturated heterocycles. The van der Waals surface area contributed by atoms with E-state index >= 15 is 0 Å². The molecule has 2 N–H and O–H groups in total. The van der Waals surface area contributed by atoms with Crippen molar-refractivity contribution >= 4 is 39.5 Å². The number of carbonyl (C=O) groups excluding carboxylic acids is 3. The van der Waals surface area contributed by atoms with E-state index in [1.54, 1.807) is 31.2 Å². The number of amides is 3. The molecule has 1 atom stereocenters. The van der Waals surface area contributed by atoms with E-state index in [1.165, 1.54) is 11.8 Å². The molecule has 0 bridgehead atoms. The minimum Gasteiger partial charge on any atom is -0.452 e. The highest BCUT2D eigenvalue weighted by Gasteiger charge is 2.29. The van der Waals surface area contributed by atoms with E-state index in [0.29, 0.717) is 17.9 Å². The van der Waals surface area contributed by atoms with Gasteiger partial charge in [-0.3, -0.25) is 10.1 Å². The molecule has 142 valence electrons. The smallest absolute Gasteiger partial charge is 0.339 e. The number of imide groups is 1. The summed E-state index contributed by atoms with van der Waals surface area (Å²) in [6, 6.07) is 5.99. The molecule has 1 fully saturated rings. The Kier molecular flexibility index (Phi) is 7.04. The van der Waals surface area contributed by atoms with Gasteiger partial charge >= 0.3 is 12.0 Å². The third-order valence-corrected chi connectivity index (χ3v) is 6.84. The highest BCUT2D eigenvalue weighted by Crippen LogP contribution is 2.33. The molecule has 3 amide bonds. The summed E-state index contributed by atoms with van der Waals surface area (Å²) in [4.78, 5) is 35.7. The minimum atomic E-state index is -3.01. The number of carbonyl (C=O) groups is 3. The van der Waals surface area contributed by atoms with Crippen molar-refractivity contribution in [1.29, 1.82) is 0 Å². The average Bonchev–Trinajstić information content (AvgIpc) is 2.92. The zero-order valence-corrected chi connectivity index (χ0v) is 15.8. The Morgan fingerprint density at radius 3 is 2.65 bits per heavy atom. The average molecular weight is 400 g/mol. The molecular formula is C16H20N2O6S2. The monoisotopic (exact) mass is 400 g/mol. The Hall–Kier alpha value is -2.07. The van der Waals surface area contributed by atoms with E-state index in [0.717, 1.165) is 0 Å². The van der Waals surface area contributed by atoms with Gasteiger partial charge in [-0.05, 0) is 25.5 Å². The second-order valence-corrected chi connectivity index (χ2v) is 9.19. The van der Waals surface area contributed by atoms with Gasteiger partial charge in [0.1, 0.15) is 0 Å². The zero-order chi connectivity index (χ0) is 19.2. The van der Waals surface area contributed by atoms with Crippen molar-refractivity contribution in [2.24, 2.45) is 0 Å². The summed E-state index contributed by atoms with van der Waals surface area (Å²) in [6.45, 7) is 1.47. The van der Waals surface area contributed by atoms with Gasteiger partial charge in [0.25, 0.3) is 5.91 Å². The molecule has 0 saturated carbocycles. The molecule has 1 aliphatic rings. The third-order valence-electron chi connectivity index (χ3n) is 3.52. The lowest BCUT2D eigenvalue weighted by Gasteiger charge is -2.12. The standard InChI is InChI=1S/C16H20N2O6S2/c1-2-17-16(21)18-14(19)9-24-15(20)12-5-3-4-6-13(12)25-11-7-8-26(22,23)10-11/h3-6,11H,2,7-10H2,1H3,(H2,17,18,19,21)/t11-/m0/s1. The second kappa shape index (κ2) is 9.04. The number of hydrogen-bond donors (Lipinski definition) is 2. The first-order valence-electron chi connectivity index (χ1n) is 8.01. The van der Waals surface area contributed by atoms with Crippen LogP contribution in [-0.2, 0) is 19.4 Å². The van der Waals surface area contributed by atoms with Crippen molar-refractivity contribution in [2.45, 2.75) is 23.5 Å². The third kappa shape index (κ3) is 6.03. The zero-order valence-electron chi connectivity index (χ0n) is 14.2. The van der Waals surface area contributed by atoms with Gasteiger partial charge in [0, 0.05) is 16.7 Å². The van der Waals surface area contributed by atoms with Crippen LogP contribution in [0, 0.1) is 0 Å². The van der Waals surface area contributed by atoms with Gasteiger partial charge in [0.05, 0.1) is 17.1 Å². The van der Waals surface area contributed by atoms with E-state index in [1.807, 2.05) is 5.32 Å². The van der Waals surface area contributed by atoms with Gasteiger partial charge in [0.2, 0.25) is 0 Å². The first-order chi connectivity index (χ1) is 12.3. The molecule has 1 aromatic carbocycles. The molecule has 0 spiro atoms. The number of thioether (sulfide) groups is 1. The fourth-order valence-electron chi connectivity index (χ4n) is 2.35. The molecule has 1 heterocycles. The highest BCUT2D eigenvalue weighted by atomic mass is 32.2. The molecule has 1 aliphatic heterocycles. The summed E-state index contributed by atoms with van der Waals surface area (Å²) in [5, 5.41) is 4.30. The summed E-state index contributed by atoms with van der Waals surface area (Å²) in [5.74, 6) is -1.22. The van der Waals surface area contributed by atoms with Crippen molar-refractivity contribution in [2.75, 3.05) is 24.7 Å². The maximum absolute atomic E-state index is 12.2. The first-order valence-corrected chi connectivity index (χ1v) is 10.7. The molecule has 1 aromatic rings. The number of ether oxygens (including phenoxy) is 1. The van der Waals surface area contributed by atoms with Crippen LogP contribution < -0.4 is 10.6 Å². The summed E-state index contributed by atoms with van der Waals surface area (Å²) in [5.41, 5.74) is 0.257. The second-order valence-electron chi connectivity index (χ2n) is 5.62. The number of nitrogens with one attached hydrogen (secondary N) is 2. The quantitative estimate of drug-likeness (QED) is 0.683. The number of sulfone groups is 1. The molecule has 8 nitrogen and oxygen atoms in total. The lowest BCUT2D eigenvalue weighted by Crippen LogP contribution is -2.41. The Morgan fingerprint density at radius 1 is 1.27 bits per heavy atom. The fourth-order valence-corrected chi connectivity index (χ4v) is 5.96. The van der Waals surface area contributed by atoms with Crippen LogP contribution in [0.25, 0.3) is 0 Å². The predicted octanol–water partition coefficient (Wildman–Crippen LogP) is 0.968. The maximum atomic E-state index is 12.2. The summed E-state index contributed by atoms with van der Waals surface area (Å²) >= 11 is 1.32. The van der Waals surface area contributed by atoms with Crippen LogP contribution in [0.2, 0.25) is 0 Å². The maximum Gasteiger partial charge on any atom is 0.339 e. The fraction of sp³-hybridized carbons (Fsp3) is 0.438. The van der Waals surface area contributed by atoms with E-state index in [2.05, 4.69) is 5.32 Å². The number of benzene rings is 1. The molecule has 0 radical (unpaired) electrons. The lowest BCUT2D eigenvalue weighted by atomic mass is 10.2. The van der Waals surface area contributed by atoms with Crippen molar-refractivity contribution in [3.8, 4) is 0 Å². The Balaban J connectivity index is 1.95. The normalized spacial score (nSPS) is 18.1. The van der Waals surface area contributed by atoms with E-state index in [9.17, 15) is 22.8 Å². The van der Waals surface area contributed by atoms with Gasteiger partial charge in [0.15, 0.2) is 16.4 Å². The van der Waals surface area contributed by atoms with E-state index < -0.39 is 34.4 Å². The molecule has 0 unspecified atom stereocenters. The van der Waals surface area contributed by atoms with E-state index in [4.69, 9.17) is 4.74 Å². The van der Waals surface area contributed by atoms with Gasteiger partial charge in [-0.1, -0.05) is 12.1 Å². The van der Waals surface area contributed by atoms with E-state index in [-0.39, 0.29) is 22.3 Å². The number of esters is 1. The van der Waals surface area contributed by atoms with Crippen LogP contribution in [-0.4, -0.2) is 56.2 Å². The molecule has 0 aliphatic carbocycles. The van der Waals surface area contributed by atoms with Gasteiger partial charge in [-0.2, -0.15) is 0 Å². The number of rotatable bonds is 6. The van der Waals surface area contributed by atoms with Crippen LogP contribution in [0.5, 0.6) is 0 Å². The molecular weight excluding hydrogens is 380 g/mol. The molecule has 26 heavy (non-hydrogen) atoms. The summed E-state index contributed by atoms with van der Waals surface area (Å²) < 4.78 is 28.1. The molecule has 10 heteroatoms. The van der Waals surface area contributed by atoms with Crippen LogP contribution in [0.1, 0.15) is 23.7 Å². The first kappa shape index (κ1) is 20.2. The molecule has 2 rings (SSSR count). The molecule has 0 aromatic heterocycles. The van der Waals surface area contributed by atoms with Crippen LogP contribution in [0.4, 0.5) is 4.79 Å². The summed E-state index contributed by atoms with van der Waals surface area (Å²) in [7, 11) is -3.01. The van der Waals surface area contributed by atoms with Crippen molar-refractivity contribution in [3.05, 3.63) is 29.8 Å².